The Bertz CT molecular complexity index is 496. The molecule has 0 bridgehead atoms. The molecule has 2 rings (SSSR count). The highest BCUT2D eigenvalue weighted by molar-refractivity contribution is 5.59. The number of hydrogen-bond acceptors (Lipinski definition) is 3. The average molecular weight is 285 g/mol. The molecule has 3 nitrogen and oxygen atoms in total. The van der Waals surface area contributed by atoms with Crippen molar-refractivity contribution in [3.63, 3.8) is 0 Å². The van der Waals surface area contributed by atoms with Gasteiger partial charge in [-0.1, -0.05) is 32.9 Å². The van der Waals surface area contributed by atoms with Crippen molar-refractivity contribution in [1.29, 1.82) is 5.26 Å². The van der Waals surface area contributed by atoms with Crippen molar-refractivity contribution in [1.82, 2.24) is 4.90 Å². The van der Waals surface area contributed by atoms with E-state index in [1.54, 1.807) is 0 Å². The zero-order valence-corrected chi connectivity index (χ0v) is 13.6. The third kappa shape index (κ3) is 4.75. The Kier molecular flexibility index (Phi) is 5.25. The molecule has 1 fully saturated rings. The first-order valence-electron chi connectivity index (χ1n) is 7.96. The standard InChI is InChI=1S/C18H27N3/c1-18(2,3)9-12-20-10-6-11-21(14-13-20)17-8-5-4-7-16(17)15-19/h4-5,7-8H,6,9-14H2,1-3H3. The van der Waals surface area contributed by atoms with E-state index in [9.17, 15) is 5.26 Å². The molecule has 3 heteroatoms. The third-order valence-electron chi connectivity index (χ3n) is 4.13. The van der Waals surface area contributed by atoms with Gasteiger partial charge in [0, 0.05) is 19.6 Å². The molecule has 0 aromatic heterocycles. The van der Waals surface area contributed by atoms with Crippen molar-refractivity contribution in [3.05, 3.63) is 29.8 Å². The van der Waals surface area contributed by atoms with Crippen molar-refractivity contribution >= 4 is 5.69 Å². The second-order valence-corrected chi connectivity index (χ2v) is 7.12. The first-order chi connectivity index (χ1) is 9.99. The van der Waals surface area contributed by atoms with E-state index in [1.807, 2.05) is 18.2 Å². The van der Waals surface area contributed by atoms with Gasteiger partial charge in [0.15, 0.2) is 0 Å². The Balaban J connectivity index is 1.96. The molecule has 0 radical (unpaired) electrons. The summed E-state index contributed by atoms with van der Waals surface area (Å²) in [7, 11) is 0. The van der Waals surface area contributed by atoms with Crippen LogP contribution in [-0.2, 0) is 0 Å². The molecule has 0 spiro atoms. The monoisotopic (exact) mass is 285 g/mol. The highest BCUT2D eigenvalue weighted by Gasteiger charge is 2.18. The number of hydrogen-bond donors (Lipinski definition) is 0. The van der Waals surface area contributed by atoms with Gasteiger partial charge in [-0.3, -0.25) is 0 Å². The van der Waals surface area contributed by atoms with Gasteiger partial charge in [0.05, 0.1) is 11.3 Å². The van der Waals surface area contributed by atoms with E-state index in [0.717, 1.165) is 30.9 Å². The lowest BCUT2D eigenvalue weighted by Gasteiger charge is -2.26. The van der Waals surface area contributed by atoms with Crippen LogP contribution in [0.15, 0.2) is 24.3 Å². The molecule has 0 saturated carbocycles. The first-order valence-corrected chi connectivity index (χ1v) is 7.96. The van der Waals surface area contributed by atoms with Crippen LogP contribution in [0.5, 0.6) is 0 Å². The summed E-state index contributed by atoms with van der Waals surface area (Å²) < 4.78 is 0. The van der Waals surface area contributed by atoms with E-state index >= 15 is 0 Å². The maximum Gasteiger partial charge on any atom is 0.101 e. The summed E-state index contributed by atoms with van der Waals surface area (Å²) >= 11 is 0. The maximum absolute atomic E-state index is 9.26. The topological polar surface area (TPSA) is 30.3 Å². The van der Waals surface area contributed by atoms with Crippen LogP contribution in [-0.4, -0.2) is 37.6 Å². The number of nitriles is 1. The lowest BCUT2D eigenvalue weighted by Crippen LogP contribution is -2.32. The van der Waals surface area contributed by atoms with E-state index in [0.29, 0.717) is 5.41 Å². The van der Waals surface area contributed by atoms with Gasteiger partial charge in [-0.15, -0.1) is 0 Å². The second kappa shape index (κ2) is 6.95. The molecule has 1 aliphatic heterocycles. The van der Waals surface area contributed by atoms with Gasteiger partial charge in [-0.05, 0) is 43.5 Å². The van der Waals surface area contributed by atoms with Crippen LogP contribution in [0.25, 0.3) is 0 Å². The van der Waals surface area contributed by atoms with Crippen LogP contribution in [0.2, 0.25) is 0 Å². The van der Waals surface area contributed by atoms with E-state index in [4.69, 9.17) is 0 Å². The fourth-order valence-electron chi connectivity index (χ4n) is 2.77. The van der Waals surface area contributed by atoms with Gasteiger partial charge in [0.2, 0.25) is 0 Å². The fourth-order valence-corrected chi connectivity index (χ4v) is 2.77. The van der Waals surface area contributed by atoms with E-state index in [-0.39, 0.29) is 0 Å². The minimum atomic E-state index is 0.402. The third-order valence-corrected chi connectivity index (χ3v) is 4.13. The van der Waals surface area contributed by atoms with Crippen molar-refractivity contribution < 1.29 is 0 Å². The normalized spacial score (nSPS) is 17.3. The van der Waals surface area contributed by atoms with Gasteiger partial charge in [-0.2, -0.15) is 5.26 Å². The molecule has 1 aromatic rings. The lowest BCUT2D eigenvalue weighted by atomic mass is 9.92. The van der Waals surface area contributed by atoms with Crippen LogP contribution >= 0.6 is 0 Å². The number of anilines is 1. The summed E-state index contributed by atoms with van der Waals surface area (Å²) in [5.41, 5.74) is 2.29. The summed E-state index contributed by atoms with van der Waals surface area (Å²) in [4.78, 5) is 4.94. The first kappa shape index (κ1) is 15.9. The number of rotatable bonds is 3. The lowest BCUT2D eigenvalue weighted by molar-refractivity contribution is 0.240. The van der Waals surface area contributed by atoms with Gasteiger partial charge < -0.3 is 9.80 Å². The van der Waals surface area contributed by atoms with Gasteiger partial charge >= 0.3 is 0 Å². The Morgan fingerprint density at radius 1 is 1.10 bits per heavy atom. The number of nitrogens with zero attached hydrogens (tertiary/aromatic N) is 3. The number of para-hydroxylation sites is 1. The van der Waals surface area contributed by atoms with Crippen LogP contribution in [0.1, 0.15) is 39.2 Å². The molecule has 1 heterocycles. The van der Waals surface area contributed by atoms with E-state index in [1.165, 1.54) is 25.9 Å². The van der Waals surface area contributed by atoms with Crippen LogP contribution < -0.4 is 4.90 Å². The maximum atomic E-state index is 9.26. The highest BCUT2D eigenvalue weighted by atomic mass is 15.2. The van der Waals surface area contributed by atoms with Crippen LogP contribution in [0, 0.1) is 16.7 Å². The summed E-state index contributed by atoms with van der Waals surface area (Å²) in [6.07, 6.45) is 2.41. The zero-order chi connectivity index (χ0) is 15.3. The average Bonchev–Trinajstić information content (AvgIpc) is 2.70. The Labute approximate surface area is 129 Å². The predicted molar refractivity (Wildman–Crippen MR) is 88.5 cm³/mol. The molecule has 0 amide bonds. The van der Waals surface area contributed by atoms with Gasteiger partial charge in [-0.25, -0.2) is 0 Å². The highest BCUT2D eigenvalue weighted by Crippen LogP contribution is 2.22. The molecule has 1 saturated heterocycles. The van der Waals surface area contributed by atoms with Gasteiger partial charge in [0.1, 0.15) is 6.07 Å². The van der Waals surface area contributed by atoms with Crippen molar-refractivity contribution in [2.45, 2.75) is 33.6 Å². The molecular formula is C18H27N3. The Morgan fingerprint density at radius 2 is 1.86 bits per heavy atom. The molecule has 0 N–H and O–H groups in total. The molecular weight excluding hydrogens is 258 g/mol. The Hall–Kier alpha value is -1.53. The predicted octanol–water partition coefficient (Wildman–Crippen LogP) is 3.51. The molecule has 114 valence electrons. The summed E-state index contributed by atoms with van der Waals surface area (Å²) in [5.74, 6) is 0. The molecule has 1 aromatic carbocycles. The molecule has 21 heavy (non-hydrogen) atoms. The van der Waals surface area contributed by atoms with Crippen molar-refractivity contribution in [2.24, 2.45) is 5.41 Å². The minimum Gasteiger partial charge on any atom is -0.369 e. The SMILES string of the molecule is CC(C)(C)CCN1CCCN(c2ccccc2C#N)CC1. The number of benzene rings is 1. The van der Waals surface area contributed by atoms with Crippen LogP contribution in [0.4, 0.5) is 5.69 Å². The molecule has 0 unspecified atom stereocenters. The summed E-state index contributed by atoms with van der Waals surface area (Å²) in [5, 5.41) is 9.26. The van der Waals surface area contributed by atoms with Crippen LogP contribution in [0.3, 0.4) is 0 Å². The van der Waals surface area contributed by atoms with Crippen molar-refractivity contribution in [3.8, 4) is 6.07 Å². The van der Waals surface area contributed by atoms with Gasteiger partial charge in [0.25, 0.3) is 0 Å². The zero-order valence-electron chi connectivity index (χ0n) is 13.6. The largest absolute Gasteiger partial charge is 0.369 e. The van der Waals surface area contributed by atoms with E-state index < -0.39 is 0 Å². The second-order valence-electron chi connectivity index (χ2n) is 7.12. The van der Waals surface area contributed by atoms with Crippen molar-refractivity contribution in [2.75, 3.05) is 37.6 Å². The molecule has 1 aliphatic rings. The molecule has 0 aliphatic carbocycles. The fraction of sp³-hybridized carbons (Fsp3) is 0.611. The Morgan fingerprint density at radius 3 is 2.57 bits per heavy atom. The smallest absolute Gasteiger partial charge is 0.101 e. The summed E-state index contributed by atoms with van der Waals surface area (Å²) in [6, 6.07) is 10.3. The minimum absolute atomic E-state index is 0.402. The molecule has 0 atom stereocenters. The summed E-state index contributed by atoms with van der Waals surface area (Å²) in [6.45, 7) is 12.4. The van der Waals surface area contributed by atoms with E-state index in [2.05, 4.69) is 42.7 Å². The quantitative estimate of drug-likeness (QED) is 0.851.